The summed E-state index contributed by atoms with van der Waals surface area (Å²) in [5.74, 6) is 0.831. The topological polar surface area (TPSA) is 111 Å². The minimum atomic E-state index is -0.820. The summed E-state index contributed by atoms with van der Waals surface area (Å²) in [4.78, 5) is 31.0. The maximum Gasteiger partial charge on any atom is 0.235 e. The van der Waals surface area contributed by atoms with Gasteiger partial charge in [-0.25, -0.2) is 24.0 Å². The fraction of sp³-hybridized carbons (Fsp3) is 0.185. The van der Waals surface area contributed by atoms with Gasteiger partial charge in [0.2, 0.25) is 5.91 Å². The highest BCUT2D eigenvalue weighted by Crippen LogP contribution is 2.42. The summed E-state index contributed by atoms with van der Waals surface area (Å²) in [6.07, 6.45) is 5.15. The molecule has 1 aromatic carbocycles. The Balaban J connectivity index is 1.47. The monoisotopic (exact) mass is 494 g/mol. The molecule has 1 aliphatic heterocycles. The van der Waals surface area contributed by atoms with E-state index in [-0.39, 0.29) is 18.3 Å². The van der Waals surface area contributed by atoms with Crippen LogP contribution in [-0.2, 0) is 23.3 Å². The fourth-order valence-electron chi connectivity index (χ4n) is 4.52. The van der Waals surface area contributed by atoms with E-state index in [9.17, 15) is 9.18 Å². The first kappa shape index (κ1) is 22.7. The molecule has 0 radical (unpaired) electrons. The van der Waals surface area contributed by atoms with Crippen molar-refractivity contribution in [2.45, 2.75) is 32.4 Å². The van der Waals surface area contributed by atoms with E-state index in [1.54, 1.807) is 47.5 Å². The molecular weight excluding hydrogens is 471 g/mol. The second-order valence-electron chi connectivity index (χ2n) is 9.39. The number of carbonyl (C=O) groups is 1. The van der Waals surface area contributed by atoms with E-state index < -0.39 is 5.41 Å². The molecule has 6 rings (SSSR count). The van der Waals surface area contributed by atoms with Crippen molar-refractivity contribution in [2.24, 2.45) is 0 Å². The Labute approximate surface area is 211 Å². The lowest BCUT2D eigenvalue weighted by atomic mass is 9.87. The fourth-order valence-corrected chi connectivity index (χ4v) is 4.52. The largest absolute Gasteiger partial charge is 0.365 e. The Morgan fingerprint density at radius 1 is 1.05 bits per heavy atom. The number of amides is 1. The number of hydrogen-bond donors (Lipinski definition) is 2. The van der Waals surface area contributed by atoms with Crippen LogP contribution in [0.2, 0.25) is 0 Å². The Hall–Kier alpha value is -4.73. The molecule has 0 saturated heterocycles. The van der Waals surface area contributed by atoms with Crippen LogP contribution >= 0.6 is 0 Å². The second-order valence-corrected chi connectivity index (χ2v) is 9.39. The van der Waals surface area contributed by atoms with Gasteiger partial charge < -0.3 is 10.6 Å². The number of aromatic nitrogens is 6. The van der Waals surface area contributed by atoms with E-state index in [4.69, 9.17) is 15.1 Å². The van der Waals surface area contributed by atoms with Gasteiger partial charge in [-0.2, -0.15) is 5.10 Å². The first-order valence-corrected chi connectivity index (χ1v) is 11.8. The van der Waals surface area contributed by atoms with Crippen molar-refractivity contribution in [3.63, 3.8) is 0 Å². The zero-order valence-electron chi connectivity index (χ0n) is 20.2. The highest BCUT2D eigenvalue weighted by atomic mass is 19.1. The van der Waals surface area contributed by atoms with Crippen molar-refractivity contribution in [1.82, 2.24) is 29.7 Å². The summed E-state index contributed by atoms with van der Waals surface area (Å²) in [6.45, 7) is 4.34. The smallest absolute Gasteiger partial charge is 0.235 e. The molecule has 0 fully saturated rings. The summed E-state index contributed by atoms with van der Waals surface area (Å²) >= 11 is 0. The van der Waals surface area contributed by atoms with E-state index in [2.05, 4.69) is 20.6 Å². The molecule has 0 atom stereocenters. The average molecular weight is 495 g/mol. The first-order chi connectivity index (χ1) is 17.9. The van der Waals surface area contributed by atoms with Crippen molar-refractivity contribution >= 4 is 28.6 Å². The van der Waals surface area contributed by atoms with Gasteiger partial charge in [0.05, 0.1) is 22.9 Å². The highest BCUT2D eigenvalue weighted by Gasteiger charge is 2.43. The molecule has 0 unspecified atom stereocenters. The summed E-state index contributed by atoms with van der Waals surface area (Å²) in [5, 5.41) is 11.7. The number of carbonyl (C=O) groups excluding carboxylic acids is 1. The van der Waals surface area contributed by atoms with Gasteiger partial charge in [-0.05, 0) is 43.7 Å². The summed E-state index contributed by atoms with van der Waals surface area (Å²) in [5.41, 5.74) is 2.41. The van der Waals surface area contributed by atoms with Gasteiger partial charge in [-0.1, -0.05) is 24.3 Å². The quantitative estimate of drug-likeness (QED) is 0.362. The van der Waals surface area contributed by atoms with E-state index >= 15 is 0 Å². The number of nitrogens with zero attached hydrogens (tertiary/aromatic N) is 6. The molecule has 1 aliphatic rings. The number of anilines is 2. The average Bonchev–Trinajstić information content (AvgIpc) is 3.38. The van der Waals surface area contributed by atoms with E-state index in [0.29, 0.717) is 46.5 Å². The van der Waals surface area contributed by atoms with E-state index in [1.807, 2.05) is 32.0 Å². The molecule has 184 valence electrons. The van der Waals surface area contributed by atoms with Crippen molar-refractivity contribution < 1.29 is 9.18 Å². The molecule has 2 N–H and O–H groups in total. The zero-order valence-corrected chi connectivity index (χ0v) is 20.2. The number of benzene rings is 1. The molecule has 5 aromatic rings. The van der Waals surface area contributed by atoms with Crippen molar-refractivity contribution in [3.8, 4) is 11.5 Å². The highest BCUT2D eigenvalue weighted by molar-refractivity contribution is 6.06. The third-order valence-electron chi connectivity index (χ3n) is 6.51. The number of hydrogen-bond acceptors (Lipinski definition) is 7. The summed E-state index contributed by atoms with van der Waals surface area (Å²) in [7, 11) is 0. The van der Waals surface area contributed by atoms with Crippen LogP contribution < -0.4 is 10.6 Å². The van der Waals surface area contributed by atoms with Crippen molar-refractivity contribution in [1.29, 1.82) is 0 Å². The normalized spacial score (nSPS) is 14.0. The van der Waals surface area contributed by atoms with Gasteiger partial charge in [0.1, 0.15) is 23.1 Å². The number of fused-ring (bicyclic) bond motifs is 2. The summed E-state index contributed by atoms with van der Waals surface area (Å²) in [6, 6.07) is 14.1. The molecule has 37 heavy (non-hydrogen) atoms. The molecule has 0 spiro atoms. The number of pyridine rings is 2. The zero-order chi connectivity index (χ0) is 25.6. The van der Waals surface area contributed by atoms with E-state index in [0.717, 1.165) is 10.9 Å². The van der Waals surface area contributed by atoms with Crippen LogP contribution in [0.4, 0.5) is 16.0 Å². The molecule has 0 bridgehead atoms. The van der Waals surface area contributed by atoms with E-state index in [1.165, 1.54) is 6.07 Å². The molecular formula is C27H23FN8O. The standard InChI is InChI=1S/C27H23FN8O/c1-27(2)20-22(31-14-16-7-5-11-29-13-16)32-24(33-23(20)34-26(27)37)21-18-9-6-12-30-25(18)36(35-21)15-17-8-3-4-10-19(17)28/h3-13H,14-15H2,1-2H3,(H2,31,32,33,34,37). The number of halogens is 1. The maximum absolute atomic E-state index is 14.4. The van der Waals surface area contributed by atoms with Crippen LogP contribution in [0.15, 0.2) is 67.1 Å². The molecule has 0 saturated carbocycles. The maximum atomic E-state index is 14.4. The SMILES string of the molecule is CC1(C)C(=O)Nc2nc(-c3nn(Cc4ccccc4F)c4ncccc34)nc(NCc3cccnc3)c21. The van der Waals surface area contributed by atoms with Gasteiger partial charge in [-0.3, -0.25) is 9.78 Å². The Kier molecular flexibility index (Phi) is 5.36. The lowest BCUT2D eigenvalue weighted by Gasteiger charge is -2.19. The number of rotatable bonds is 6. The van der Waals surface area contributed by atoms with Gasteiger partial charge in [0.15, 0.2) is 11.5 Å². The lowest BCUT2D eigenvalue weighted by molar-refractivity contribution is -0.119. The number of nitrogens with one attached hydrogen (secondary N) is 2. The summed E-state index contributed by atoms with van der Waals surface area (Å²) < 4.78 is 16.0. The van der Waals surface area contributed by atoms with Crippen LogP contribution in [-0.4, -0.2) is 35.6 Å². The molecule has 10 heteroatoms. The molecule has 4 aromatic heterocycles. The second kappa shape index (κ2) is 8.74. The third-order valence-corrected chi connectivity index (χ3v) is 6.51. The Morgan fingerprint density at radius 2 is 1.89 bits per heavy atom. The molecule has 5 heterocycles. The predicted octanol–water partition coefficient (Wildman–Crippen LogP) is 4.31. The van der Waals surface area contributed by atoms with Crippen molar-refractivity contribution in [3.05, 3.63) is 89.6 Å². The van der Waals surface area contributed by atoms with Crippen LogP contribution in [0.25, 0.3) is 22.6 Å². The van der Waals surface area contributed by atoms with Gasteiger partial charge in [-0.15, -0.1) is 0 Å². The predicted molar refractivity (Wildman–Crippen MR) is 137 cm³/mol. The molecule has 1 amide bonds. The van der Waals surface area contributed by atoms with Crippen molar-refractivity contribution in [2.75, 3.05) is 10.6 Å². The van der Waals surface area contributed by atoms with Gasteiger partial charge in [0.25, 0.3) is 0 Å². The van der Waals surface area contributed by atoms with Gasteiger partial charge in [0, 0.05) is 30.7 Å². The molecule has 9 nitrogen and oxygen atoms in total. The first-order valence-electron chi connectivity index (χ1n) is 11.8. The van der Waals surface area contributed by atoms with Crippen LogP contribution in [0.5, 0.6) is 0 Å². The Bertz CT molecular complexity index is 1650. The van der Waals surface area contributed by atoms with Crippen LogP contribution in [0.1, 0.15) is 30.5 Å². The van der Waals surface area contributed by atoms with Gasteiger partial charge >= 0.3 is 0 Å². The minimum absolute atomic E-state index is 0.157. The molecule has 0 aliphatic carbocycles. The van der Waals surface area contributed by atoms with Crippen LogP contribution in [0, 0.1) is 5.82 Å². The van der Waals surface area contributed by atoms with Crippen LogP contribution in [0.3, 0.4) is 0 Å². The third kappa shape index (κ3) is 3.96. The Morgan fingerprint density at radius 3 is 2.70 bits per heavy atom. The lowest BCUT2D eigenvalue weighted by Crippen LogP contribution is -2.27. The minimum Gasteiger partial charge on any atom is -0.365 e.